The number of Topliss-reactive ketones (excluding diaryl/α,β-unsaturated/α-hetero) is 1. The summed E-state index contributed by atoms with van der Waals surface area (Å²) in [6.45, 7) is 5.65. The summed E-state index contributed by atoms with van der Waals surface area (Å²) >= 11 is 0. The van der Waals surface area contributed by atoms with E-state index in [0.717, 1.165) is 31.4 Å². The van der Waals surface area contributed by atoms with Crippen LogP contribution in [-0.4, -0.2) is 56.9 Å². The summed E-state index contributed by atoms with van der Waals surface area (Å²) in [4.78, 5) is 13.1. The first-order valence-corrected chi connectivity index (χ1v) is 11.6. The lowest BCUT2D eigenvalue weighted by atomic mass is 9.45. The topological polar surface area (TPSA) is 105 Å². The number of carbonyl (C=O) groups excluding carboxylic acids is 1. The molecule has 4 aliphatic carbocycles. The van der Waals surface area contributed by atoms with Crippen molar-refractivity contribution in [1.29, 1.82) is 0 Å². The van der Waals surface area contributed by atoms with Gasteiger partial charge in [0, 0.05) is 5.41 Å². The Morgan fingerprint density at radius 3 is 2.97 bits per heavy atom. The van der Waals surface area contributed by atoms with Crippen LogP contribution < -0.4 is 0 Å². The third-order valence-corrected chi connectivity index (χ3v) is 9.72. The van der Waals surface area contributed by atoms with Gasteiger partial charge in [0.15, 0.2) is 17.7 Å². The number of nitrogens with zero attached hydrogens (tertiary/aromatic N) is 1. The van der Waals surface area contributed by atoms with Crippen LogP contribution in [0.4, 0.5) is 0 Å². The molecule has 1 saturated heterocycles. The zero-order valence-corrected chi connectivity index (χ0v) is 18.4. The zero-order chi connectivity index (χ0) is 21.8. The average molecular weight is 429 g/mol. The largest absolute Gasteiger partial charge is 0.393 e. The van der Waals surface area contributed by atoms with Gasteiger partial charge in [0.1, 0.15) is 6.61 Å². The highest BCUT2D eigenvalue weighted by molar-refractivity contribution is 5.91. The van der Waals surface area contributed by atoms with E-state index in [-0.39, 0.29) is 35.1 Å². The van der Waals surface area contributed by atoms with Crippen molar-refractivity contribution < 1.29 is 24.5 Å². The number of aromatic nitrogens is 2. The van der Waals surface area contributed by atoms with Crippen LogP contribution in [0.2, 0.25) is 0 Å². The molecule has 0 radical (unpaired) electrons. The molecular formula is C24H32N2O5. The molecule has 3 N–H and O–H groups in total. The molecule has 6 rings (SSSR count). The molecule has 3 saturated carbocycles. The molecule has 2 heterocycles. The van der Waals surface area contributed by atoms with Gasteiger partial charge in [-0.05, 0) is 73.8 Å². The maximum atomic E-state index is 13.1. The first-order chi connectivity index (χ1) is 14.7. The highest BCUT2D eigenvalue weighted by Gasteiger charge is 2.75. The minimum Gasteiger partial charge on any atom is -0.393 e. The number of hydrogen-bond donors (Lipinski definition) is 3. The van der Waals surface area contributed by atoms with E-state index in [1.807, 2.05) is 13.1 Å². The molecule has 1 unspecified atom stereocenters. The quantitative estimate of drug-likeness (QED) is 0.667. The lowest BCUT2D eigenvalue weighted by Crippen LogP contribution is -2.63. The van der Waals surface area contributed by atoms with Gasteiger partial charge in [-0.1, -0.05) is 19.4 Å². The number of allylic oxidation sites excluding steroid dienone is 1. The molecule has 0 amide bonds. The van der Waals surface area contributed by atoms with Gasteiger partial charge in [0.05, 0.1) is 24.1 Å². The molecule has 1 aromatic rings. The number of fused-ring (bicyclic) bond motifs is 8. The number of aromatic amines is 1. The first-order valence-electron chi connectivity index (χ1n) is 11.6. The predicted octanol–water partition coefficient (Wildman–Crippen LogP) is 2.23. The van der Waals surface area contributed by atoms with E-state index in [1.165, 1.54) is 11.1 Å². The molecule has 5 aliphatic rings. The second kappa shape index (κ2) is 6.28. The SMILES string of the molecule is CC1O[C@@H]2C[C@H]3[C@@H]4CCC5=Cc6[nH]ncc6C[C@]5(C)[C@H]4[C@@H](O)C[C@]3(C)[C@]2(C(=O)CO)O1. The van der Waals surface area contributed by atoms with Gasteiger partial charge in [-0.2, -0.15) is 5.10 Å². The van der Waals surface area contributed by atoms with E-state index < -0.39 is 30.0 Å². The van der Waals surface area contributed by atoms with Crippen molar-refractivity contribution in [2.24, 2.45) is 28.6 Å². The predicted molar refractivity (Wildman–Crippen MR) is 112 cm³/mol. The Bertz CT molecular complexity index is 973. The Morgan fingerprint density at radius 1 is 1.39 bits per heavy atom. The number of carbonyl (C=O) groups is 1. The summed E-state index contributed by atoms with van der Waals surface area (Å²) in [5, 5.41) is 28.8. The highest BCUT2D eigenvalue weighted by Crippen LogP contribution is 2.69. The number of rotatable bonds is 2. The first kappa shape index (κ1) is 20.1. The van der Waals surface area contributed by atoms with E-state index in [4.69, 9.17) is 9.47 Å². The van der Waals surface area contributed by atoms with E-state index in [1.54, 1.807) is 0 Å². The number of aliphatic hydroxyl groups is 2. The Balaban J connectivity index is 1.43. The Morgan fingerprint density at radius 2 is 2.19 bits per heavy atom. The fourth-order valence-electron chi connectivity index (χ4n) is 8.64. The van der Waals surface area contributed by atoms with Crippen molar-refractivity contribution in [2.45, 2.75) is 77.0 Å². The van der Waals surface area contributed by atoms with Crippen LogP contribution in [0.25, 0.3) is 6.08 Å². The minimum atomic E-state index is -1.17. The Kier molecular flexibility index (Phi) is 4.07. The van der Waals surface area contributed by atoms with Gasteiger partial charge in [0.25, 0.3) is 0 Å². The number of H-pyrrole nitrogens is 1. The lowest BCUT2D eigenvalue weighted by Gasteiger charge is -2.60. The molecular weight excluding hydrogens is 396 g/mol. The normalized spacial score (nSPS) is 50.0. The number of ketones is 1. The smallest absolute Gasteiger partial charge is 0.193 e. The summed E-state index contributed by atoms with van der Waals surface area (Å²) in [7, 11) is 0. The van der Waals surface area contributed by atoms with Crippen molar-refractivity contribution in [2.75, 3.05) is 6.61 Å². The van der Waals surface area contributed by atoms with Crippen LogP contribution in [0.3, 0.4) is 0 Å². The lowest BCUT2D eigenvalue weighted by molar-refractivity contribution is -0.199. The van der Waals surface area contributed by atoms with E-state index in [2.05, 4.69) is 30.1 Å². The fourth-order valence-corrected chi connectivity index (χ4v) is 8.64. The summed E-state index contributed by atoms with van der Waals surface area (Å²) < 4.78 is 12.3. The summed E-state index contributed by atoms with van der Waals surface area (Å²) in [6.07, 6.45) is 6.84. The van der Waals surface area contributed by atoms with Gasteiger partial charge in [0.2, 0.25) is 0 Å². The summed E-state index contributed by atoms with van der Waals surface area (Å²) in [5.41, 5.74) is 1.85. The second-order valence-corrected chi connectivity index (χ2v) is 11.0. The summed E-state index contributed by atoms with van der Waals surface area (Å²) in [5.74, 6) is 0.297. The van der Waals surface area contributed by atoms with Crippen LogP contribution in [0.5, 0.6) is 0 Å². The Hall–Kier alpha value is -1.54. The van der Waals surface area contributed by atoms with Gasteiger partial charge in [-0.3, -0.25) is 9.89 Å². The van der Waals surface area contributed by atoms with Crippen LogP contribution in [0.1, 0.15) is 57.7 Å². The highest BCUT2D eigenvalue weighted by atomic mass is 16.7. The maximum absolute atomic E-state index is 13.1. The molecule has 4 fully saturated rings. The van der Waals surface area contributed by atoms with Crippen molar-refractivity contribution >= 4 is 11.9 Å². The molecule has 0 spiro atoms. The van der Waals surface area contributed by atoms with Crippen molar-refractivity contribution in [3.63, 3.8) is 0 Å². The molecule has 31 heavy (non-hydrogen) atoms. The summed E-state index contributed by atoms with van der Waals surface area (Å²) in [6, 6.07) is 0. The molecule has 7 nitrogen and oxygen atoms in total. The van der Waals surface area contributed by atoms with Gasteiger partial charge < -0.3 is 19.7 Å². The molecule has 0 aromatic carbocycles. The molecule has 0 bridgehead atoms. The van der Waals surface area contributed by atoms with Crippen molar-refractivity contribution in [3.05, 3.63) is 23.0 Å². The van der Waals surface area contributed by atoms with Crippen LogP contribution in [0.15, 0.2) is 11.8 Å². The molecule has 7 heteroatoms. The third kappa shape index (κ3) is 2.28. The number of aliphatic hydroxyl groups excluding tert-OH is 2. The van der Waals surface area contributed by atoms with E-state index in [9.17, 15) is 15.0 Å². The zero-order valence-electron chi connectivity index (χ0n) is 18.4. The maximum Gasteiger partial charge on any atom is 0.193 e. The fraction of sp³-hybridized carbons (Fsp3) is 0.750. The van der Waals surface area contributed by atoms with Gasteiger partial charge in [-0.25, -0.2) is 0 Å². The molecule has 9 atom stereocenters. The van der Waals surface area contributed by atoms with E-state index >= 15 is 0 Å². The Labute approximate surface area is 182 Å². The average Bonchev–Trinajstić information content (AvgIpc) is 3.36. The third-order valence-electron chi connectivity index (χ3n) is 9.72. The van der Waals surface area contributed by atoms with Crippen LogP contribution in [-0.2, 0) is 20.7 Å². The molecule has 1 aliphatic heterocycles. The number of hydrogen-bond acceptors (Lipinski definition) is 6. The molecule has 1 aromatic heterocycles. The van der Waals surface area contributed by atoms with Gasteiger partial charge >= 0.3 is 0 Å². The standard InChI is InChI=1S/C24H32N2O5/c1-12-30-20-7-16-15-5-4-14-6-17-13(10-25-26-17)8-22(14,2)21(15)18(28)9-23(16,3)24(20,31-12)19(29)11-27/h6,10,12,15-16,18,20-21,27-28H,4-5,7-9,11H2,1-3H3,(H,25,26)/t12?,15-,16-,18-,20+,21+,22-,23-,24+/m0/s1. The monoisotopic (exact) mass is 428 g/mol. The van der Waals surface area contributed by atoms with Crippen LogP contribution >= 0.6 is 0 Å². The van der Waals surface area contributed by atoms with Crippen LogP contribution in [0, 0.1) is 28.6 Å². The van der Waals surface area contributed by atoms with E-state index in [0.29, 0.717) is 6.42 Å². The minimum absolute atomic E-state index is 0.117. The molecule has 168 valence electrons. The second-order valence-electron chi connectivity index (χ2n) is 11.0. The van der Waals surface area contributed by atoms with Crippen molar-refractivity contribution in [1.82, 2.24) is 10.2 Å². The number of ether oxygens (including phenoxy) is 2. The van der Waals surface area contributed by atoms with Crippen molar-refractivity contribution in [3.8, 4) is 0 Å². The van der Waals surface area contributed by atoms with Gasteiger partial charge in [-0.15, -0.1) is 0 Å². The number of nitrogens with one attached hydrogen (secondary N) is 1.